The number of aliphatic hydroxyl groups is 1. The van der Waals surface area contributed by atoms with Crippen molar-refractivity contribution in [3.63, 3.8) is 0 Å². The van der Waals surface area contributed by atoms with Crippen LogP contribution in [0.1, 0.15) is 47.8 Å². The molecule has 0 spiro atoms. The first-order valence-electron chi connectivity index (χ1n) is 13.1. The van der Waals surface area contributed by atoms with Crippen LogP contribution in [0.25, 0.3) is 0 Å². The fraction of sp³-hybridized carbons (Fsp3) is 0.467. The van der Waals surface area contributed by atoms with Crippen LogP contribution in [0.3, 0.4) is 0 Å². The molecule has 0 atom stereocenters. The van der Waals surface area contributed by atoms with Gasteiger partial charge in [-0.1, -0.05) is 33.4 Å². The second-order valence-electron chi connectivity index (χ2n) is 8.77. The molecule has 0 aromatic heterocycles. The van der Waals surface area contributed by atoms with Gasteiger partial charge in [-0.05, 0) is 61.0 Å². The maximum absolute atomic E-state index is 13.6. The van der Waals surface area contributed by atoms with E-state index in [2.05, 4.69) is 25.3 Å². The molecule has 0 aliphatic carbocycles. The average molecular weight is 527 g/mol. The number of likely N-dealkylation sites (N-methyl/N-ethyl adjacent to an activating group) is 1. The van der Waals surface area contributed by atoms with E-state index < -0.39 is 0 Å². The first kappa shape index (κ1) is 30.9. The Morgan fingerprint density at radius 3 is 2.18 bits per heavy atom. The molecule has 0 unspecified atom stereocenters. The fourth-order valence-electron chi connectivity index (χ4n) is 4.37. The van der Waals surface area contributed by atoms with E-state index >= 15 is 0 Å². The number of benzene rings is 2. The topological polar surface area (TPSA) is 88.5 Å². The zero-order valence-electron chi connectivity index (χ0n) is 23.4. The largest absolute Gasteiger partial charge is 0.493 e. The number of ketones is 1. The third-order valence-corrected chi connectivity index (χ3v) is 6.56. The molecule has 2 aromatic rings. The van der Waals surface area contributed by atoms with Crippen molar-refractivity contribution >= 4 is 11.7 Å². The minimum absolute atomic E-state index is 0.0962. The summed E-state index contributed by atoms with van der Waals surface area (Å²) in [5, 5.41) is 9.60. The summed E-state index contributed by atoms with van der Waals surface area (Å²) >= 11 is 0. The van der Waals surface area contributed by atoms with Crippen LogP contribution in [0.2, 0.25) is 0 Å². The lowest BCUT2D eigenvalue weighted by Crippen LogP contribution is -2.41. The summed E-state index contributed by atoms with van der Waals surface area (Å²) in [6, 6.07) is 8.51. The van der Waals surface area contributed by atoms with Crippen LogP contribution in [-0.2, 0) is 17.6 Å². The van der Waals surface area contributed by atoms with Gasteiger partial charge in [-0.15, -0.1) is 0 Å². The maximum Gasteiger partial charge on any atom is 0.227 e. The number of amides is 1. The molecule has 0 saturated carbocycles. The average Bonchev–Trinajstić information content (AvgIpc) is 2.94. The number of aliphatic hydroxyl groups excluding tert-OH is 1. The van der Waals surface area contributed by atoms with Crippen LogP contribution in [0, 0.1) is 0 Å². The summed E-state index contributed by atoms with van der Waals surface area (Å²) in [7, 11) is 3.06. The van der Waals surface area contributed by atoms with Gasteiger partial charge >= 0.3 is 0 Å². The van der Waals surface area contributed by atoms with Gasteiger partial charge in [0.15, 0.2) is 17.3 Å². The molecular formula is C30H42N2O6. The van der Waals surface area contributed by atoms with Crippen molar-refractivity contribution in [1.82, 2.24) is 9.80 Å². The van der Waals surface area contributed by atoms with E-state index in [0.29, 0.717) is 41.3 Å². The van der Waals surface area contributed by atoms with Gasteiger partial charge in [0.2, 0.25) is 5.91 Å². The molecule has 2 rings (SSSR count). The molecule has 0 radical (unpaired) electrons. The predicted octanol–water partition coefficient (Wildman–Crippen LogP) is 3.77. The molecule has 38 heavy (non-hydrogen) atoms. The van der Waals surface area contributed by atoms with Gasteiger partial charge in [0.1, 0.15) is 12.4 Å². The summed E-state index contributed by atoms with van der Waals surface area (Å²) in [4.78, 5) is 30.9. The number of carbonyl (C=O) groups is 2. The van der Waals surface area contributed by atoms with Crippen molar-refractivity contribution < 1.29 is 28.9 Å². The zero-order valence-corrected chi connectivity index (χ0v) is 23.4. The smallest absolute Gasteiger partial charge is 0.227 e. The number of hydrogen-bond donors (Lipinski definition) is 1. The summed E-state index contributed by atoms with van der Waals surface area (Å²) in [5.74, 6) is 1.21. The second-order valence-corrected chi connectivity index (χ2v) is 8.77. The van der Waals surface area contributed by atoms with Crippen LogP contribution in [0.15, 0.2) is 43.0 Å². The third kappa shape index (κ3) is 8.07. The normalized spacial score (nSPS) is 10.8. The van der Waals surface area contributed by atoms with Crippen LogP contribution in [-0.4, -0.2) is 86.8 Å². The lowest BCUT2D eigenvalue weighted by molar-refractivity contribution is -0.131. The van der Waals surface area contributed by atoms with Crippen molar-refractivity contribution in [3.8, 4) is 17.2 Å². The molecule has 8 heteroatoms. The standard InChI is InChI=1S/C30H42N2O6/c1-7-17-38-27-20-24(30(35)22-11-12-26(36-5)28(19-22)37-6)18-23(25(27)8-2)21-29(34)32(15-16-33)14-13-31(9-3)10-4/h7,11-12,18-20,33H,1,8-10,13-17,21H2,2-6H3. The summed E-state index contributed by atoms with van der Waals surface area (Å²) in [5.41, 5.74) is 2.44. The van der Waals surface area contributed by atoms with Gasteiger partial charge in [0, 0.05) is 30.8 Å². The lowest BCUT2D eigenvalue weighted by Gasteiger charge is -2.26. The van der Waals surface area contributed by atoms with Crippen molar-refractivity contribution in [3.05, 3.63) is 65.2 Å². The van der Waals surface area contributed by atoms with Gasteiger partial charge in [-0.3, -0.25) is 9.59 Å². The monoisotopic (exact) mass is 526 g/mol. The minimum Gasteiger partial charge on any atom is -0.493 e. The van der Waals surface area contributed by atoms with Crippen molar-refractivity contribution in [1.29, 1.82) is 0 Å². The Balaban J connectivity index is 2.47. The number of rotatable bonds is 17. The van der Waals surface area contributed by atoms with Crippen LogP contribution in [0.5, 0.6) is 17.2 Å². The highest BCUT2D eigenvalue weighted by Crippen LogP contribution is 2.31. The molecule has 0 aliphatic heterocycles. The summed E-state index contributed by atoms with van der Waals surface area (Å²) < 4.78 is 16.6. The molecule has 0 aliphatic rings. The number of hydrogen-bond acceptors (Lipinski definition) is 7. The highest BCUT2D eigenvalue weighted by molar-refractivity contribution is 6.09. The van der Waals surface area contributed by atoms with Gasteiger partial charge in [0.25, 0.3) is 0 Å². The van der Waals surface area contributed by atoms with E-state index in [1.165, 1.54) is 14.2 Å². The van der Waals surface area contributed by atoms with Crippen LogP contribution in [0.4, 0.5) is 0 Å². The molecule has 1 amide bonds. The van der Waals surface area contributed by atoms with E-state index in [0.717, 1.165) is 30.8 Å². The van der Waals surface area contributed by atoms with E-state index in [1.807, 2.05) is 6.92 Å². The first-order valence-corrected chi connectivity index (χ1v) is 13.1. The quantitative estimate of drug-likeness (QED) is 0.248. The molecule has 2 aromatic carbocycles. The number of nitrogens with zero attached hydrogens (tertiary/aromatic N) is 2. The maximum atomic E-state index is 13.6. The molecule has 0 heterocycles. The molecule has 208 valence electrons. The summed E-state index contributed by atoms with van der Waals surface area (Å²) in [6.07, 6.45) is 2.36. The van der Waals surface area contributed by atoms with Crippen LogP contribution < -0.4 is 14.2 Å². The molecule has 0 saturated heterocycles. The molecule has 0 fully saturated rings. The molecule has 1 N–H and O–H groups in total. The Morgan fingerprint density at radius 1 is 0.921 bits per heavy atom. The Bertz CT molecular complexity index is 1080. The zero-order chi connectivity index (χ0) is 28.1. The SMILES string of the molecule is C=CCOc1cc(C(=O)c2ccc(OC)c(OC)c2)cc(CC(=O)N(CCO)CCN(CC)CC)c1CC. The first-order chi connectivity index (χ1) is 18.4. The van der Waals surface area contributed by atoms with Gasteiger partial charge < -0.3 is 29.1 Å². The van der Waals surface area contributed by atoms with Crippen LogP contribution >= 0.6 is 0 Å². The fourth-order valence-corrected chi connectivity index (χ4v) is 4.37. The van der Waals surface area contributed by atoms with E-state index in [1.54, 1.807) is 41.3 Å². The Hall–Kier alpha value is -3.36. The Kier molecular flexibility index (Phi) is 12.8. The van der Waals surface area contributed by atoms with Crippen molar-refractivity contribution in [2.75, 3.05) is 60.2 Å². The number of methoxy groups -OCH3 is 2. The molecular weight excluding hydrogens is 484 g/mol. The minimum atomic E-state index is -0.223. The second kappa shape index (κ2) is 15.8. The van der Waals surface area contributed by atoms with E-state index in [9.17, 15) is 14.7 Å². The molecule has 8 nitrogen and oxygen atoms in total. The number of carbonyl (C=O) groups excluding carboxylic acids is 2. The predicted molar refractivity (Wildman–Crippen MR) is 150 cm³/mol. The Labute approximate surface area is 226 Å². The highest BCUT2D eigenvalue weighted by Gasteiger charge is 2.21. The van der Waals surface area contributed by atoms with Gasteiger partial charge in [-0.25, -0.2) is 0 Å². The van der Waals surface area contributed by atoms with Gasteiger partial charge in [-0.2, -0.15) is 0 Å². The lowest BCUT2D eigenvalue weighted by atomic mass is 9.94. The molecule has 0 bridgehead atoms. The number of ether oxygens (including phenoxy) is 3. The Morgan fingerprint density at radius 2 is 1.61 bits per heavy atom. The van der Waals surface area contributed by atoms with Crippen molar-refractivity contribution in [2.45, 2.75) is 33.6 Å². The highest BCUT2D eigenvalue weighted by atomic mass is 16.5. The van der Waals surface area contributed by atoms with E-state index in [4.69, 9.17) is 14.2 Å². The summed E-state index contributed by atoms with van der Waals surface area (Å²) in [6.45, 7) is 13.3. The third-order valence-electron chi connectivity index (χ3n) is 6.56. The van der Waals surface area contributed by atoms with Gasteiger partial charge in [0.05, 0.1) is 27.2 Å². The van der Waals surface area contributed by atoms with E-state index in [-0.39, 0.29) is 37.9 Å². The van der Waals surface area contributed by atoms with Crippen molar-refractivity contribution in [2.24, 2.45) is 0 Å².